The van der Waals surface area contributed by atoms with Gasteiger partial charge in [-0.2, -0.15) is 5.10 Å². The SMILES string of the molecule is CCOC(C1CCCCC1)C(CCc1ccnn1C)NN. The number of hydrazine groups is 1. The third kappa shape index (κ3) is 4.53. The highest BCUT2D eigenvalue weighted by molar-refractivity contribution is 5.01. The summed E-state index contributed by atoms with van der Waals surface area (Å²) in [5.74, 6) is 6.48. The molecule has 0 spiro atoms. The summed E-state index contributed by atoms with van der Waals surface area (Å²) in [6.45, 7) is 2.83. The predicted octanol–water partition coefficient (Wildman–Crippen LogP) is 2.17. The number of aromatic nitrogens is 2. The molecule has 2 atom stereocenters. The highest BCUT2D eigenvalue weighted by Gasteiger charge is 2.30. The van der Waals surface area contributed by atoms with Crippen LogP contribution in [0.4, 0.5) is 0 Å². The van der Waals surface area contributed by atoms with Gasteiger partial charge in [0.25, 0.3) is 0 Å². The number of nitrogens with zero attached hydrogens (tertiary/aromatic N) is 2. The fraction of sp³-hybridized carbons (Fsp3) is 0.812. The minimum atomic E-state index is 0.211. The van der Waals surface area contributed by atoms with Gasteiger partial charge in [0.1, 0.15) is 0 Å². The fourth-order valence-corrected chi connectivity index (χ4v) is 3.53. The standard InChI is InChI=1S/C16H30N4O/c1-3-21-16(13-7-5-4-6-8-13)15(19-17)10-9-14-11-12-18-20(14)2/h11-13,15-16,19H,3-10,17H2,1-2H3. The van der Waals surface area contributed by atoms with Crippen LogP contribution in [0, 0.1) is 5.92 Å². The Morgan fingerprint density at radius 1 is 1.43 bits per heavy atom. The van der Waals surface area contributed by atoms with Crippen molar-refractivity contribution >= 4 is 0 Å². The zero-order valence-corrected chi connectivity index (χ0v) is 13.4. The zero-order valence-electron chi connectivity index (χ0n) is 13.4. The molecule has 5 heteroatoms. The first-order chi connectivity index (χ1) is 10.3. The van der Waals surface area contributed by atoms with Crippen LogP contribution in [0.5, 0.6) is 0 Å². The second-order valence-electron chi connectivity index (χ2n) is 6.08. The van der Waals surface area contributed by atoms with Crippen LogP contribution in [0.2, 0.25) is 0 Å². The lowest BCUT2D eigenvalue weighted by atomic mass is 9.81. The van der Waals surface area contributed by atoms with E-state index >= 15 is 0 Å². The van der Waals surface area contributed by atoms with E-state index in [4.69, 9.17) is 10.6 Å². The Morgan fingerprint density at radius 3 is 2.76 bits per heavy atom. The van der Waals surface area contributed by atoms with Crippen molar-refractivity contribution in [2.24, 2.45) is 18.8 Å². The highest BCUT2D eigenvalue weighted by Crippen LogP contribution is 2.30. The van der Waals surface area contributed by atoms with Gasteiger partial charge in [-0.15, -0.1) is 0 Å². The van der Waals surface area contributed by atoms with E-state index in [9.17, 15) is 0 Å². The Morgan fingerprint density at radius 2 is 2.19 bits per heavy atom. The summed E-state index contributed by atoms with van der Waals surface area (Å²) in [7, 11) is 1.99. The second-order valence-corrected chi connectivity index (χ2v) is 6.08. The summed E-state index contributed by atoms with van der Waals surface area (Å²) >= 11 is 0. The van der Waals surface area contributed by atoms with Crippen LogP contribution in [0.25, 0.3) is 0 Å². The molecule has 1 aromatic heterocycles. The molecule has 1 fully saturated rings. The number of hydrogen-bond donors (Lipinski definition) is 2. The van der Waals surface area contributed by atoms with E-state index in [1.54, 1.807) is 0 Å². The van der Waals surface area contributed by atoms with Crippen LogP contribution < -0.4 is 11.3 Å². The summed E-state index contributed by atoms with van der Waals surface area (Å²) in [5.41, 5.74) is 4.26. The molecule has 2 unspecified atom stereocenters. The van der Waals surface area contributed by atoms with Gasteiger partial charge in [0.2, 0.25) is 0 Å². The Bertz CT molecular complexity index is 401. The van der Waals surface area contributed by atoms with E-state index < -0.39 is 0 Å². The summed E-state index contributed by atoms with van der Waals surface area (Å²) in [6.07, 6.45) is 10.6. The molecule has 2 rings (SSSR count). The number of aryl methyl sites for hydroxylation is 2. The van der Waals surface area contributed by atoms with E-state index in [0.717, 1.165) is 19.4 Å². The Labute approximate surface area is 128 Å². The van der Waals surface area contributed by atoms with Gasteiger partial charge in [-0.1, -0.05) is 19.3 Å². The molecule has 21 heavy (non-hydrogen) atoms. The Balaban J connectivity index is 1.95. The molecule has 1 aliphatic rings. The van der Waals surface area contributed by atoms with Gasteiger partial charge < -0.3 is 4.74 Å². The minimum absolute atomic E-state index is 0.211. The number of nitrogens with one attached hydrogen (secondary N) is 1. The van der Waals surface area contributed by atoms with Crippen LogP contribution >= 0.6 is 0 Å². The quantitative estimate of drug-likeness (QED) is 0.570. The van der Waals surface area contributed by atoms with E-state index in [-0.39, 0.29) is 12.1 Å². The lowest BCUT2D eigenvalue weighted by Gasteiger charge is -2.35. The van der Waals surface area contributed by atoms with Gasteiger partial charge >= 0.3 is 0 Å². The Kier molecular flexibility index (Phi) is 6.67. The van der Waals surface area contributed by atoms with Crippen molar-refractivity contribution in [3.8, 4) is 0 Å². The molecule has 3 N–H and O–H groups in total. The summed E-state index contributed by atoms with van der Waals surface area (Å²) in [6, 6.07) is 2.28. The monoisotopic (exact) mass is 294 g/mol. The van der Waals surface area contributed by atoms with Gasteiger partial charge in [-0.25, -0.2) is 0 Å². The lowest BCUT2D eigenvalue weighted by molar-refractivity contribution is -0.0194. The van der Waals surface area contributed by atoms with Crippen LogP contribution in [0.1, 0.15) is 51.1 Å². The van der Waals surface area contributed by atoms with E-state index in [2.05, 4.69) is 23.5 Å². The molecule has 0 amide bonds. The third-order valence-electron chi connectivity index (χ3n) is 4.72. The molecule has 0 aliphatic heterocycles. The maximum Gasteiger partial charge on any atom is 0.0769 e. The van der Waals surface area contributed by atoms with Crippen molar-refractivity contribution in [3.05, 3.63) is 18.0 Å². The van der Waals surface area contributed by atoms with Crippen LogP contribution in [-0.2, 0) is 18.2 Å². The smallest absolute Gasteiger partial charge is 0.0769 e. The number of nitrogens with two attached hydrogens (primary N) is 1. The molecule has 1 saturated carbocycles. The molecule has 5 nitrogen and oxygen atoms in total. The van der Waals surface area contributed by atoms with Crippen molar-refractivity contribution in [2.45, 2.75) is 64.0 Å². The van der Waals surface area contributed by atoms with Crippen molar-refractivity contribution in [2.75, 3.05) is 6.61 Å². The van der Waals surface area contributed by atoms with Crippen LogP contribution in [-0.4, -0.2) is 28.5 Å². The van der Waals surface area contributed by atoms with Crippen molar-refractivity contribution < 1.29 is 4.74 Å². The summed E-state index contributed by atoms with van der Waals surface area (Å²) in [5, 5.41) is 4.23. The minimum Gasteiger partial charge on any atom is -0.377 e. The molecule has 0 saturated heterocycles. The van der Waals surface area contributed by atoms with E-state index in [0.29, 0.717) is 5.92 Å². The zero-order chi connectivity index (χ0) is 15.1. The topological polar surface area (TPSA) is 65.1 Å². The molecule has 120 valence electrons. The first kappa shape index (κ1) is 16.5. The molecule has 1 aromatic rings. The van der Waals surface area contributed by atoms with Gasteiger partial charge in [-0.3, -0.25) is 16.0 Å². The van der Waals surface area contributed by atoms with Gasteiger partial charge in [0, 0.05) is 31.6 Å². The van der Waals surface area contributed by atoms with Gasteiger partial charge in [0.05, 0.1) is 6.10 Å². The second kappa shape index (κ2) is 8.51. The van der Waals surface area contributed by atoms with Crippen molar-refractivity contribution in [1.82, 2.24) is 15.2 Å². The first-order valence-electron chi connectivity index (χ1n) is 8.30. The summed E-state index contributed by atoms with van der Waals surface area (Å²) in [4.78, 5) is 0. The average Bonchev–Trinajstić information content (AvgIpc) is 2.93. The van der Waals surface area contributed by atoms with Crippen LogP contribution in [0.15, 0.2) is 12.3 Å². The van der Waals surface area contributed by atoms with Gasteiger partial charge in [-0.05, 0) is 44.6 Å². The molecule has 1 aliphatic carbocycles. The normalized spacial score (nSPS) is 19.6. The molecule has 0 bridgehead atoms. The number of ether oxygens (including phenoxy) is 1. The van der Waals surface area contributed by atoms with Crippen LogP contribution in [0.3, 0.4) is 0 Å². The predicted molar refractivity (Wildman–Crippen MR) is 84.6 cm³/mol. The maximum atomic E-state index is 6.07. The molecule has 0 radical (unpaired) electrons. The number of rotatable bonds is 8. The highest BCUT2D eigenvalue weighted by atomic mass is 16.5. The summed E-state index contributed by atoms with van der Waals surface area (Å²) < 4.78 is 8.00. The third-order valence-corrected chi connectivity index (χ3v) is 4.72. The van der Waals surface area contributed by atoms with E-state index in [1.807, 2.05) is 17.9 Å². The Hall–Kier alpha value is -0.910. The molecular weight excluding hydrogens is 264 g/mol. The van der Waals surface area contributed by atoms with E-state index in [1.165, 1.54) is 37.8 Å². The average molecular weight is 294 g/mol. The lowest BCUT2D eigenvalue weighted by Crippen LogP contribution is -2.49. The first-order valence-corrected chi connectivity index (χ1v) is 8.30. The van der Waals surface area contributed by atoms with Crippen molar-refractivity contribution in [3.63, 3.8) is 0 Å². The fourth-order valence-electron chi connectivity index (χ4n) is 3.53. The number of hydrogen-bond acceptors (Lipinski definition) is 4. The molecule has 1 heterocycles. The van der Waals surface area contributed by atoms with Crippen molar-refractivity contribution in [1.29, 1.82) is 0 Å². The molecular formula is C16H30N4O. The van der Waals surface area contributed by atoms with Gasteiger partial charge in [0.15, 0.2) is 0 Å². The maximum absolute atomic E-state index is 6.07. The molecule has 0 aromatic carbocycles. The largest absolute Gasteiger partial charge is 0.377 e.